The molecule has 0 radical (unpaired) electrons. The highest BCUT2D eigenvalue weighted by Gasteiger charge is 2.32. The van der Waals surface area contributed by atoms with Gasteiger partial charge in [0.15, 0.2) is 0 Å². The Morgan fingerprint density at radius 2 is 1.77 bits per heavy atom. The number of aryl methyl sites for hydroxylation is 2. The molecule has 0 saturated carbocycles. The summed E-state index contributed by atoms with van der Waals surface area (Å²) >= 11 is 0. The molecule has 0 fully saturated rings. The Morgan fingerprint density at radius 3 is 2.42 bits per heavy atom. The molecule has 0 amide bonds. The molecule has 1 aliphatic rings. The molecule has 7 nitrogen and oxygen atoms in total. The Morgan fingerprint density at radius 1 is 1.10 bits per heavy atom. The molecule has 1 unspecified atom stereocenters. The maximum atomic E-state index is 13.4. The van der Waals surface area contributed by atoms with Crippen LogP contribution in [0.1, 0.15) is 45.1 Å². The van der Waals surface area contributed by atoms with Crippen LogP contribution in [0.2, 0.25) is 0 Å². The van der Waals surface area contributed by atoms with E-state index >= 15 is 0 Å². The highest BCUT2D eigenvalue weighted by Crippen LogP contribution is 2.37. The van der Waals surface area contributed by atoms with Crippen molar-refractivity contribution in [3.63, 3.8) is 0 Å². The van der Waals surface area contributed by atoms with E-state index in [1.165, 1.54) is 12.1 Å². The average Bonchev–Trinajstić information content (AvgIpc) is 2.74. The summed E-state index contributed by atoms with van der Waals surface area (Å²) < 4.78 is 7.02. The van der Waals surface area contributed by atoms with Gasteiger partial charge in [-0.15, -0.1) is 0 Å². The number of hydrogen-bond acceptors (Lipinski definition) is 5. The monoisotopic (exact) mass is 419 g/mol. The van der Waals surface area contributed by atoms with Crippen molar-refractivity contribution in [2.24, 2.45) is 0 Å². The zero-order valence-corrected chi connectivity index (χ0v) is 16.9. The number of ether oxygens (including phenoxy) is 1. The summed E-state index contributed by atoms with van der Waals surface area (Å²) in [6, 6.07) is 14.7. The molecule has 1 atom stereocenters. The van der Waals surface area contributed by atoms with Crippen LogP contribution in [0.15, 0.2) is 59.4 Å². The molecule has 0 bridgehead atoms. The van der Waals surface area contributed by atoms with E-state index in [1.807, 2.05) is 12.1 Å². The predicted octanol–water partition coefficient (Wildman–Crippen LogP) is 3.24. The number of fused-ring (bicyclic) bond motifs is 1. The van der Waals surface area contributed by atoms with E-state index in [2.05, 4.69) is 0 Å². The molecular formula is C24H21NO6. The van der Waals surface area contributed by atoms with E-state index in [-0.39, 0.29) is 29.0 Å². The molecule has 7 heteroatoms. The zero-order chi connectivity index (χ0) is 22.1. The van der Waals surface area contributed by atoms with Gasteiger partial charge in [-0.1, -0.05) is 24.3 Å². The molecule has 1 aliphatic heterocycles. The molecule has 31 heavy (non-hydrogen) atoms. The fourth-order valence-electron chi connectivity index (χ4n) is 3.92. The summed E-state index contributed by atoms with van der Waals surface area (Å²) in [5.74, 6) is -1.54. The number of benzene rings is 2. The standard InChI is InChI=1S/C24H21NO6/c1-14-12-20-22(23(28)25(14)11-10-15-2-8-18(26)9-3-15)19(13-21(27)31-20)16-4-6-17(7-5-16)24(29)30/h2-9,12,19,26H,10-11,13H2,1H3,(H,29,30). The van der Waals surface area contributed by atoms with E-state index in [0.717, 1.165) is 5.56 Å². The summed E-state index contributed by atoms with van der Waals surface area (Å²) in [6.07, 6.45) is 0.604. The van der Waals surface area contributed by atoms with E-state index in [0.29, 0.717) is 29.8 Å². The van der Waals surface area contributed by atoms with Crippen LogP contribution in [0, 0.1) is 6.92 Å². The number of phenols is 1. The predicted molar refractivity (Wildman–Crippen MR) is 113 cm³/mol. The minimum Gasteiger partial charge on any atom is -0.508 e. The number of carboxylic acids is 1. The largest absolute Gasteiger partial charge is 0.508 e. The lowest BCUT2D eigenvalue weighted by atomic mass is 9.86. The van der Waals surface area contributed by atoms with Crippen molar-refractivity contribution in [3.8, 4) is 11.5 Å². The molecule has 2 aromatic carbocycles. The Balaban J connectivity index is 1.72. The highest BCUT2D eigenvalue weighted by atomic mass is 16.5. The fourth-order valence-corrected chi connectivity index (χ4v) is 3.92. The van der Waals surface area contributed by atoms with Gasteiger partial charge in [0.25, 0.3) is 5.56 Å². The second-order valence-electron chi connectivity index (χ2n) is 7.59. The van der Waals surface area contributed by atoms with Crippen molar-refractivity contribution in [2.45, 2.75) is 32.2 Å². The summed E-state index contributed by atoms with van der Waals surface area (Å²) in [4.78, 5) is 36.7. The molecule has 2 heterocycles. The van der Waals surface area contributed by atoms with Crippen molar-refractivity contribution < 1.29 is 24.5 Å². The summed E-state index contributed by atoms with van der Waals surface area (Å²) in [7, 11) is 0. The van der Waals surface area contributed by atoms with Crippen molar-refractivity contribution >= 4 is 11.9 Å². The van der Waals surface area contributed by atoms with Crippen LogP contribution < -0.4 is 10.3 Å². The third-order valence-corrected chi connectivity index (χ3v) is 5.57. The van der Waals surface area contributed by atoms with Crippen molar-refractivity contribution in [1.29, 1.82) is 0 Å². The van der Waals surface area contributed by atoms with Gasteiger partial charge in [0.2, 0.25) is 0 Å². The number of hydrogen-bond donors (Lipinski definition) is 2. The molecule has 3 aromatic rings. The number of aromatic carboxylic acids is 1. The first-order valence-electron chi connectivity index (χ1n) is 9.89. The Labute approximate surface area is 178 Å². The van der Waals surface area contributed by atoms with Gasteiger partial charge in [0.1, 0.15) is 11.5 Å². The second-order valence-corrected chi connectivity index (χ2v) is 7.59. The van der Waals surface area contributed by atoms with Crippen molar-refractivity contribution in [2.75, 3.05) is 0 Å². The first kappa shape index (κ1) is 20.4. The molecule has 0 saturated heterocycles. The van der Waals surface area contributed by atoms with Gasteiger partial charge in [-0.25, -0.2) is 4.79 Å². The van der Waals surface area contributed by atoms with Crippen LogP contribution >= 0.6 is 0 Å². The number of carboxylic acid groups (broad SMARTS) is 1. The van der Waals surface area contributed by atoms with Crippen LogP contribution in [0.25, 0.3) is 0 Å². The number of rotatable bonds is 5. The van der Waals surface area contributed by atoms with Crippen LogP contribution in [-0.2, 0) is 17.8 Å². The number of phenolic OH excluding ortho intramolecular Hbond substituents is 1. The summed E-state index contributed by atoms with van der Waals surface area (Å²) in [5, 5.41) is 18.6. The fraction of sp³-hybridized carbons (Fsp3) is 0.208. The number of nitrogens with zero attached hydrogens (tertiary/aromatic N) is 1. The van der Waals surface area contributed by atoms with Crippen LogP contribution in [0.4, 0.5) is 0 Å². The lowest BCUT2D eigenvalue weighted by Gasteiger charge is -2.26. The lowest BCUT2D eigenvalue weighted by Crippen LogP contribution is -2.33. The summed E-state index contributed by atoms with van der Waals surface area (Å²) in [6.45, 7) is 2.22. The molecular weight excluding hydrogens is 398 g/mol. The molecule has 4 rings (SSSR count). The maximum absolute atomic E-state index is 13.4. The Hall–Kier alpha value is -3.87. The number of esters is 1. The number of aromatic nitrogens is 1. The molecule has 2 N–H and O–H groups in total. The molecule has 158 valence electrons. The second kappa shape index (κ2) is 8.10. The topological polar surface area (TPSA) is 106 Å². The van der Waals surface area contributed by atoms with Gasteiger partial charge >= 0.3 is 11.9 Å². The lowest BCUT2D eigenvalue weighted by molar-refractivity contribution is -0.135. The number of carbonyl (C=O) groups excluding carboxylic acids is 1. The highest BCUT2D eigenvalue weighted by molar-refractivity contribution is 5.87. The van der Waals surface area contributed by atoms with E-state index < -0.39 is 17.9 Å². The first-order valence-corrected chi connectivity index (χ1v) is 9.89. The smallest absolute Gasteiger partial charge is 0.335 e. The number of pyridine rings is 1. The maximum Gasteiger partial charge on any atom is 0.335 e. The number of aromatic hydroxyl groups is 1. The Bertz CT molecular complexity index is 1210. The normalized spacial score (nSPS) is 15.3. The summed E-state index contributed by atoms with van der Waals surface area (Å²) in [5.41, 5.74) is 2.66. The van der Waals surface area contributed by atoms with E-state index in [9.17, 15) is 19.5 Å². The van der Waals surface area contributed by atoms with Crippen molar-refractivity contribution in [1.82, 2.24) is 4.57 Å². The molecule has 1 aromatic heterocycles. The van der Waals surface area contributed by atoms with E-state index in [1.54, 1.807) is 41.8 Å². The van der Waals surface area contributed by atoms with Crippen LogP contribution in [-0.4, -0.2) is 26.7 Å². The van der Waals surface area contributed by atoms with E-state index in [4.69, 9.17) is 9.84 Å². The van der Waals surface area contributed by atoms with Crippen LogP contribution in [0.5, 0.6) is 11.5 Å². The van der Waals surface area contributed by atoms with Gasteiger partial charge in [0.05, 0.1) is 17.5 Å². The number of carbonyl (C=O) groups is 2. The molecule has 0 spiro atoms. The molecule has 0 aliphatic carbocycles. The Kier molecular flexibility index (Phi) is 5.33. The van der Waals surface area contributed by atoms with Gasteiger partial charge in [-0.2, -0.15) is 0 Å². The van der Waals surface area contributed by atoms with Crippen molar-refractivity contribution in [3.05, 3.63) is 92.9 Å². The van der Waals surface area contributed by atoms with Gasteiger partial charge < -0.3 is 19.5 Å². The zero-order valence-electron chi connectivity index (χ0n) is 16.9. The van der Waals surface area contributed by atoms with Gasteiger partial charge in [-0.05, 0) is 48.7 Å². The van der Waals surface area contributed by atoms with Gasteiger partial charge in [-0.3, -0.25) is 9.59 Å². The third kappa shape index (κ3) is 4.07. The quantitative estimate of drug-likeness (QED) is 0.615. The first-order chi connectivity index (χ1) is 14.8. The SMILES string of the molecule is Cc1cc2c(c(=O)n1CCc1ccc(O)cc1)C(c1ccc(C(=O)O)cc1)CC(=O)O2. The average molecular weight is 419 g/mol. The van der Waals surface area contributed by atoms with Crippen LogP contribution in [0.3, 0.4) is 0 Å². The minimum atomic E-state index is -1.04. The van der Waals surface area contributed by atoms with Gasteiger partial charge in [0, 0.05) is 24.2 Å². The third-order valence-electron chi connectivity index (χ3n) is 5.57. The minimum absolute atomic E-state index is 0.00960.